The van der Waals surface area contributed by atoms with Crippen molar-refractivity contribution in [3.05, 3.63) is 83.9 Å². The van der Waals surface area contributed by atoms with Gasteiger partial charge in [-0.05, 0) is 24.0 Å². The highest BCUT2D eigenvalue weighted by molar-refractivity contribution is 5.71. The first kappa shape index (κ1) is 14.6. The average molecular weight is 292 g/mol. The molecule has 0 saturated heterocycles. The third kappa shape index (κ3) is 2.96. The Balaban J connectivity index is 2.07. The highest BCUT2D eigenvalue weighted by atomic mass is 16.4. The molecule has 0 radical (unpaired) electrons. The van der Waals surface area contributed by atoms with Crippen molar-refractivity contribution in [1.29, 1.82) is 0 Å². The predicted molar refractivity (Wildman–Crippen MR) is 87.7 cm³/mol. The zero-order valence-electron chi connectivity index (χ0n) is 12.4. The van der Waals surface area contributed by atoms with Crippen LogP contribution in [0.1, 0.15) is 29.9 Å². The second kappa shape index (κ2) is 6.61. The number of carbonyl (C=O) groups is 1. The standard InChI is InChI=1S/C20H20O2/c21-20(22)18-14-8-7-13-17(18)19(15-9-3-1-4-10-15)16-11-5-2-6-12-16/h1-7,9-13,17-19H,8,14H2,(H,21,22)/t17-,18-/m1/s1. The van der Waals surface area contributed by atoms with Crippen molar-refractivity contribution >= 4 is 5.97 Å². The Morgan fingerprint density at radius 1 is 0.955 bits per heavy atom. The molecule has 0 aromatic heterocycles. The van der Waals surface area contributed by atoms with E-state index in [1.807, 2.05) is 36.4 Å². The van der Waals surface area contributed by atoms with Crippen LogP contribution in [0.2, 0.25) is 0 Å². The molecule has 2 aromatic rings. The highest BCUT2D eigenvalue weighted by Gasteiger charge is 2.35. The molecule has 2 nitrogen and oxygen atoms in total. The Bertz CT molecular complexity index is 606. The predicted octanol–water partition coefficient (Wildman–Crippen LogP) is 4.49. The average Bonchev–Trinajstić information content (AvgIpc) is 2.57. The van der Waals surface area contributed by atoms with Gasteiger partial charge >= 0.3 is 5.97 Å². The van der Waals surface area contributed by atoms with Crippen LogP contribution in [0.4, 0.5) is 0 Å². The first-order chi connectivity index (χ1) is 10.8. The number of aliphatic carboxylic acids is 1. The molecule has 112 valence electrons. The van der Waals surface area contributed by atoms with E-state index in [0.29, 0.717) is 6.42 Å². The van der Waals surface area contributed by atoms with E-state index in [4.69, 9.17) is 0 Å². The molecule has 2 aromatic carbocycles. The van der Waals surface area contributed by atoms with Crippen molar-refractivity contribution in [2.45, 2.75) is 18.8 Å². The lowest BCUT2D eigenvalue weighted by Gasteiger charge is -2.32. The van der Waals surface area contributed by atoms with Crippen LogP contribution in [-0.4, -0.2) is 11.1 Å². The number of rotatable bonds is 4. The van der Waals surface area contributed by atoms with Gasteiger partial charge in [-0.15, -0.1) is 0 Å². The quantitative estimate of drug-likeness (QED) is 0.843. The van der Waals surface area contributed by atoms with Crippen molar-refractivity contribution < 1.29 is 9.90 Å². The molecule has 3 rings (SSSR count). The molecule has 22 heavy (non-hydrogen) atoms. The highest BCUT2D eigenvalue weighted by Crippen LogP contribution is 2.40. The van der Waals surface area contributed by atoms with Gasteiger partial charge in [-0.2, -0.15) is 0 Å². The third-order valence-electron chi connectivity index (χ3n) is 4.49. The second-order valence-electron chi connectivity index (χ2n) is 5.83. The Morgan fingerprint density at radius 3 is 2.00 bits per heavy atom. The van der Waals surface area contributed by atoms with E-state index in [1.165, 1.54) is 11.1 Å². The molecule has 2 heteroatoms. The molecule has 0 saturated carbocycles. The van der Waals surface area contributed by atoms with Gasteiger partial charge in [0.15, 0.2) is 0 Å². The van der Waals surface area contributed by atoms with E-state index in [0.717, 1.165) is 6.42 Å². The normalized spacial score (nSPS) is 21.0. The van der Waals surface area contributed by atoms with E-state index >= 15 is 0 Å². The summed E-state index contributed by atoms with van der Waals surface area (Å²) >= 11 is 0. The summed E-state index contributed by atoms with van der Waals surface area (Å²) in [5.74, 6) is -0.933. The third-order valence-corrected chi connectivity index (χ3v) is 4.49. The first-order valence-corrected chi connectivity index (χ1v) is 7.76. The summed E-state index contributed by atoms with van der Waals surface area (Å²) in [7, 11) is 0. The van der Waals surface area contributed by atoms with E-state index in [1.54, 1.807) is 0 Å². The van der Waals surface area contributed by atoms with E-state index in [-0.39, 0.29) is 17.8 Å². The maximum absolute atomic E-state index is 11.7. The number of carboxylic acid groups (broad SMARTS) is 1. The summed E-state index contributed by atoms with van der Waals surface area (Å²) < 4.78 is 0. The van der Waals surface area contributed by atoms with Crippen LogP contribution in [0.15, 0.2) is 72.8 Å². The SMILES string of the molecule is O=C(O)[C@@H]1CCC=C[C@H]1C(c1ccccc1)c1ccccc1. The number of carboxylic acids is 1. The number of benzene rings is 2. The smallest absolute Gasteiger partial charge is 0.307 e. The summed E-state index contributed by atoms with van der Waals surface area (Å²) in [4.78, 5) is 11.7. The lowest BCUT2D eigenvalue weighted by Crippen LogP contribution is -2.29. The summed E-state index contributed by atoms with van der Waals surface area (Å²) in [6, 6.07) is 20.5. The fourth-order valence-electron chi connectivity index (χ4n) is 3.44. The van der Waals surface area contributed by atoms with Gasteiger partial charge in [-0.25, -0.2) is 0 Å². The van der Waals surface area contributed by atoms with Gasteiger partial charge in [0.1, 0.15) is 0 Å². The fraction of sp³-hybridized carbons (Fsp3) is 0.250. The second-order valence-corrected chi connectivity index (χ2v) is 5.83. The Labute approximate surface area is 131 Å². The van der Waals surface area contributed by atoms with Gasteiger partial charge in [-0.1, -0.05) is 72.8 Å². The van der Waals surface area contributed by atoms with E-state index in [9.17, 15) is 9.90 Å². The first-order valence-electron chi connectivity index (χ1n) is 7.76. The summed E-state index contributed by atoms with van der Waals surface area (Å²) in [5, 5.41) is 9.62. The van der Waals surface area contributed by atoms with Crippen LogP contribution in [0, 0.1) is 11.8 Å². The molecule has 0 aliphatic heterocycles. The van der Waals surface area contributed by atoms with Crippen LogP contribution < -0.4 is 0 Å². The lowest BCUT2D eigenvalue weighted by molar-refractivity contribution is -0.143. The number of hydrogen-bond acceptors (Lipinski definition) is 1. The van der Waals surface area contributed by atoms with Gasteiger partial charge in [0.25, 0.3) is 0 Å². The molecule has 0 bridgehead atoms. The maximum atomic E-state index is 11.7. The number of hydrogen-bond donors (Lipinski definition) is 1. The van der Waals surface area contributed by atoms with Gasteiger partial charge in [0, 0.05) is 11.8 Å². The molecule has 0 heterocycles. The minimum atomic E-state index is -0.689. The monoisotopic (exact) mass is 292 g/mol. The molecule has 0 unspecified atom stereocenters. The molecule has 0 spiro atoms. The summed E-state index contributed by atoms with van der Waals surface area (Å²) in [6.07, 6.45) is 5.80. The van der Waals surface area contributed by atoms with Gasteiger partial charge in [0.2, 0.25) is 0 Å². The molecule has 0 fully saturated rings. The van der Waals surface area contributed by atoms with Crippen LogP contribution in [0.25, 0.3) is 0 Å². The molecular weight excluding hydrogens is 272 g/mol. The van der Waals surface area contributed by atoms with Crippen LogP contribution in [0.3, 0.4) is 0 Å². The lowest BCUT2D eigenvalue weighted by atomic mass is 9.71. The van der Waals surface area contributed by atoms with Crippen molar-refractivity contribution in [3.63, 3.8) is 0 Å². The van der Waals surface area contributed by atoms with Crippen molar-refractivity contribution in [2.75, 3.05) is 0 Å². The maximum Gasteiger partial charge on any atom is 0.307 e. The van der Waals surface area contributed by atoms with Crippen LogP contribution in [-0.2, 0) is 4.79 Å². The zero-order chi connectivity index (χ0) is 15.4. The molecular formula is C20H20O2. The molecule has 1 aliphatic carbocycles. The topological polar surface area (TPSA) is 37.3 Å². The zero-order valence-corrected chi connectivity index (χ0v) is 12.4. The van der Waals surface area contributed by atoms with Gasteiger partial charge in [0.05, 0.1) is 5.92 Å². The molecule has 1 N–H and O–H groups in total. The minimum Gasteiger partial charge on any atom is -0.481 e. The molecule has 2 atom stereocenters. The largest absolute Gasteiger partial charge is 0.481 e. The van der Waals surface area contributed by atoms with Crippen LogP contribution in [0.5, 0.6) is 0 Å². The minimum absolute atomic E-state index is 0.00366. The fourth-order valence-corrected chi connectivity index (χ4v) is 3.44. The van der Waals surface area contributed by atoms with Crippen LogP contribution >= 0.6 is 0 Å². The van der Waals surface area contributed by atoms with Gasteiger partial charge in [-0.3, -0.25) is 4.79 Å². The van der Waals surface area contributed by atoms with Crippen molar-refractivity contribution in [2.24, 2.45) is 11.8 Å². The van der Waals surface area contributed by atoms with E-state index in [2.05, 4.69) is 36.4 Å². The van der Waals surface area contributed by atoms with Crippen molar-refractivity contribution in [3.8, 4) is 0 Å². The Morgan fingerprint density at radius 2 is 1.50 bits per heavy atom. The van der Waals surface area contributed by atoms with Crippen molar-refractivity contribution in [1.82, 2.24) is 0 Å². The molecule has 0 amide bonds. The van der Waals surface area contributed by atoms with Gasteiger partial charge < -0.3 is 5.11 Å². The Hall–Kier alpha value is -2.35. The molecule has 1 aliphatic rings. The summed E-state index contributed by atoms with van der Waals surface area (Å²) in [5.41, 5.74) is 2.35. The number of allylic oxidation sites excluding steroid dienone is 2. The summed E-state index contributed by atoms with van der Waals surface area (Å²) in [6.45, 7) is 0. The van der Waals surface area contributed by atoms with E-state index < -0.39 is 5.97 Å². The Kier molecular flexibility index (Phi) is 4.38.